The van der Waals surface area contributed by atoms with E-state index >= 15 is 0 Å². The number of anilines is 1. The Balaban J connectivity index is 1.23. The van der Waals surface area contributed by atoms with E-state index < -0.39 is 0 Å². The van der Waals surface area contributed by atoms with Crippen molar-refractivity contribution in [3.8, 4) is 0 Å². The maximum Gasteiger partial charge on any atom is 0.224 e. The molecule has 1 N–H and O–H groups in total. The molecule has 0 atom stereocenters. The number of fused-ring (bicyclic) bond motifs is 1. The Labute approximate surface area is 185 Å². The van der Waals surface area contributed by atoms with E-state index in [1.54, 1.807) is 0 Å². The first-order valence-corrected chi connectivity index (χ1v) is 11.5. The Morgan fingerprint density at radius 3 is 2.32 bits per heavy atom. The van der Waals surface area contributed by atoms with Crippen molar-refractivity contribution in [1.29, 1.82) is 0 Å². The van der Waals surface area contributed by atoms with Crippen LogP contribution in [0, 0.1) is 0 Å². The van der Waals surface area contributed by atoms with E-state index in [-0.39, 0.29) is 24.5 Å². The second-order valence-corrected chi connectivity index (χ2v) is 8.94. The molecule has 0 bridgehead atoms. The lowest BCUT2D eigenvalue weighted by atomic mass is 9.89. The van der Waals surface area contributed by atoms with Crippen molar-refractivity contribution in [3.63, 3.8) is 0 Å². The van der Waals surface area contributed by atoms with Crippen molar-refractivity contribution in [2.75, 3.05) is 38.5 Å². The zero-order valence-electron chi connectivity index (χ0n) is 18.5. The van der Waals surface area contributed by atoms with E-state index in [1.807, 2.05) is 24.3 Å². The highest BCUT2D eigenvalue weighted by atomic mass is 16.2. The van der Waals surface area contributed by atoms with Gasteiger partial charge in [-0.3, -0.25) is 14.5 Å². The SMILES string of the molecule is CN1CCN(Cc2ccc(NC(=O)CCC(=O)c3ccc4c(c3)CCCC4)cc2)CC1. The first-order chi connectivity index (χ1) is 15.1. The van der Waals surface area contributed by atoms with Gasteiger partial charge < -0.3 is 10.2 Å². The largest absolute Gasteiger partial charge is 0.326 e. The summed E-state index contributed by atoms with van der Waals surface area (Å²) in [5, 5.41) is 2.92. The van der Waals surface area contributed by atoms with Crippen LogP contribution >= 0.6 is 0 Å². The lowest BCUT2D eigenvalue weighted by molar-refractivity contribution is -0.116. The standard InChI is InChI=1S/C26H33N3O2/c1-28-14-16-29(17-15-28)19-20-6-10-24(11-7-20)27-26(31)13-12-25(30)23-9-8-21-4-2-3-5-22(21)18-23/h6-11,18H,2-5,12-17,19H2,1H3,(H,27,31). The minimum atomic E-state index is -0.113. The average Bonchev–Trinajstić information content (AvgIpc) is 2.80. The molecular weight excluding hydrogens is 386 g/mol. The van der Waals surface area contributed by atoms with Crippen LogP contribution in [-0.4, -0.2) is 54.7 Å². The minimum Gasteiger partial charge on any atom is -0.326 e. The summed E-state index contributed by atoms with van der Waals surface area (Å²) in [6.45, 7) is 5.34. The lowest BCUT2D eigenvalue weighted by Gasteiger charge is -2.32. The van der Waals surface area contributed by atoms with Crippen molar-refractivity contribution in [2.24, 2.45) is 0 Å². The number of nitrogens with zero attached hydrogens (tertiary/aromatic N) is 2. The van der Waals surface area contributed by atoms with E-state index in [1.165, 1.54) is 29.5 Å². The van der Waals surface area contributed by atoms with Gasteiger partial charge >= 0.3 is 0 Å². The van der Waals surface area contributed by atoms with Crippen LogP contribution in [0.3, 0.4) is 0 Å². The van der Waals surface area contributed by atoms with Gasteiger partial charge in [0.25, 0.3) is 0 Å². The summed E-state index contributed by atoms with van der Waals surface area (Å²) >= 11 is 0. The van der Waals surface area contributed by atoms with Gasteiger partial charge in [0.1, 0.15) is 0 Å². The van der Waals surface area contributed by atoms with Gasteiger partial charge in [-0.25, -0.2) is 0 Å². The number of aryl methyl sites for hydroxylation is 2. The van der Waals surface area contributed by atoms with Crippen LogP contribution in [0.4, 0.5) is 5.69 Å². The molecule has 2 aliphatic rings. The topological polar surface area (TPSA) is 52.6 Å². The summed E-state index contributed by atoms with van der Waals surface area (Å²) in [5.41, 5.74) is 5.45. The lowest BCUT2D eigenvalue weighted by Crippen LogP contribution is -2.43. The van der Waals surface area contributed by atoms with Crippen LogP contribution in [0.15, 0.2) is 42.5 Å². The number of amides is 1. The molecule has 1 heterocycles. The summed E-state index contributed by atoms with van der Waals surface area (Å²) in [6, 6.07) is 14.1. The second-order valence-electron chi connectivity index (χ2n) is 8.94. The highest BCUT2D eigenvalue weighted by Crippen LogP contribution is 2.23. The Morgan fingerprint density at radius 2 is 1.58 bits per heavy atom. The number of carbonyl (C=O) groups is 2. The summed E-state index contributed by atoms with van der Waals surface area (Å²) in [6.07, 6.45) is 5.05. The number of hydrogen-bond acceptors (Lipinski definition) is 4. The third kappa shape index (κ3) is 6.02. The smallest absolute Gasteiger partial charge is 0.224 e. The molecule has 1 amide bonds. The third-order valence-corrected chi connectivity index (χ3v) is 6.49. The average molecular weight is 420 g/mol. The van der Waals surface area contributed by atoms with Crippen LogP contribution in [0.5, 0.6) is 0 Å². The molecule has 0 saturated carbocycles. The number of Topliss-reactive ketones (excluding diaryl/α,β-unsaturated/α-hetero) is 1. The zero-order valence-corrected chi connectivity index (χ0v) is 18.5. The fraction of sp³-hybridized carbons (Fsp3) is 0.462. The van der Waals surface area contributed by atoms with Crippen LogP contribution in [0.2, 0.25) is 0 Å². The highest BCUT2D eigenvalue weighted by molar-refractivity contribution is 6.00. The molecule has 1 fully saturated rings. The number of piperazine rings is 1. The molecule has 1 saturated heterocycles. The van der Waals surface area contributed by atoms with Crippen molar-refractivity contribution < 1.29 is 9.59 Å². The molecule has 2 aromatic rings. The Hall–Kier alpha value is -2.50. The highest BCUT2D eigenvalue weighted by Gasteiger charge is 2.15. The molecule has 1 aliphatic carbocycles. The van der Waals surface area contributed by atoms with Crippen LogP contribution in [0.25, 0.3) is 0 Å². The fourth-order valence-electron chi connectivity index (χ4n) is 4.46. The Bertz CT molecular complexity index is 915. The van der Waals surface area contributed by atoms with E-state index in [9.17, 15) is 9.59 Å². The summed E-state index contributed by atoms with van der Waals surface area (Å²) in [7, 11) is 2.16. The molecule has 0 aromatic heterocycles. The summed E-state index contributed by atoms with van der Waals surface area (Å²) in [5.74, 6) is -0.0656. The molecule has 31 heavy (non-hydrogen) atoms. The first kappa shape index (κ1) is 21.7. The number of benzene rings is 2. The number of carbonyl (C=O) groups excluding carboxylic acids is 2. The Morgan fingerprint density at radius 1 is 0.871 bits per heavy atom. The first-order valence-electron chi connectivity index (χ1n) is 11.5. The number of hydrogen-bond donors (Lipinski definition) is 1. The zero-order chi connectivity index (χ0) is 21.6. The molecule has 5 heteroatoms. The van der Waals surface area contributed by atoms with Crippen molar-refractivity contribution in [3.05, 3.63) is 64.7 Å². The van der Waals surface area contributed by atoms with Crippen molar-refractivity contribution in [1.82, 2.24) is 9.80 Å². The molecule has 5 nitrogen and oxygen atoms in total. The quantitative estimate of drug-likeness (QED) is 0.692. The van der Waals surface area contributed by atoms with Crippen molar-refractivity contribution >= 4 is 17.4 Å². The minimum absolute atomic E-state index is 0.0473. The van der Waals surface area contributed by atoms with Crippen LogP contribution in [-0.2, 0) is 24.2 Å². The van der Waals surface area contributed by atoms with Crippen LogP contribution < -0.4 is 5.32 Å². The monoisotopic (exact) mass is 419 g/mol. The van der Waals surface area contributed by atoms with Gasteiger partial charge in [-0.15, -0.1) is 0 Å². The van der Waals surface area contributed by atoms with Gasteiger partial charge in [0.2, 0.25) is 5.91 Å². The van der Waals surface area contributed by atoms with Gasteiger partial charge in [0.05, 0.1) is 0 Å². The van der Waals surface area contributed by atoms with E-state index in [2.05, 4.69) is 40.4 Å². The molecule has 164 valence electrons. The summed E-state index contributed by atoms with van der Waals surface area (Å²) in [4.78, 5) is 29.7. The van der Waals surface area contributed by atoms with Crippen LogP contribution in [0.1, 0.15) is 52.7 Å². The van der Waals surface area contributed by atoms with E-state index in [4.69, 9.17) is 0 Å². The molecule has 0 spiro atoms. The number of likely N-dealkylation sites (N-methyl/N-ethyl adjacent to an activating group) is 1. The molecule has 2 aromatic carbocycles. The van der Waals surface area contributed by atoms with E-state index in [0.29, 0.717) is 0 Å². The normalized spacial score (nSPS) is 17.2. The van der Waals surface area contributed by atoms with Gasteiger partial charge in [0, 0.05) is 56.8 Å². The van der Waals surface area contributed by atoms with Gasteiger partial charge in [0.15, 0.2) is 5.78 Å². The molecule has 1 aliphatic heterocycles. The maximum atomic E-state index is 12.6. The van der Waals surface area contributed by atoms with Gasteiger partial charge in [-0.2, -0.15) is 0 Å². The summed E-state index contributed by atoms with van der Waals surface area (Å²) < 4.78 is 0. The van der Waals surface area contributed by atoms with Gasteiger partial charge in [-0.05, 0) is 67.6 Å². The number of nitrogens with one attached hydrogen (secondary N) is 1. The fourth-order valence-corrected chi connectivity index (χ4v) is 4.46. The third-order valence-electron chi connectivity index (χ3n) is 6.49. The van der Waals surface area contributed by atoms with Gasteiger partial charge in [-0.1, -0.05) is 24.3 Å². The number of rotatable bonds is 7. The predicted molar refractivity (Wildman–Crippen MR) is 124 cm³/mol. The number of ketones is 1. The van der Waals surface area contributed by atoms with E-state index in [0.717, 1.165) is 56.8 Å². The maximum absolute atomic E-state index is 12.6. The Kier molecular flexibility index (Phi) is 7.15. The van der Waals surface area contributed by atoms with Crippen molar-refractivity contribution in [2.45, 2.75) is 45.1 Å². The predicted octanol–water partition coefficient (Wildman–Crippen LogP) is 3.91. The molecule has 0 radical (unpaired) electrons. The molecule has 4 rings (SSSR count). The molecule has 0 unspecified atom stereocenters. The second kappa shape index (κ2) is 10.2. The molecular formula is C26H33N3O2.